The van der Waals surface area contributed by atoms with Gasteiger partial charge in [-0.1, -0.05) is 0 Å². The zero-order valence-corrected chi connectivity index (χ0v) is 18.8. The molecule has 4 rings (SSSR count). The van der Waals surface area contributed by atoms with Gasteiger partial charge < -0.3 is 19.7 Å². The van der Waals surface area contributed by atoms with Crippen LogP contribution in [0.4, 0.5) is 0 Å². The number of ether oxygens (including phenoxy) is 2. The second kappa shape index (κ2) is 10.3. The Labute approximate surface area is 179 Å². The summed E-state index contributed by atoms with van der Waals surface area (Å²) >= 11 is 3.15. The van der Waals surface area contributed by atoms with E-state index in [1.165, 1.54) is 20.9 Å². The molecule has 2 aromatic rings. The molecule has 0 atom stereocenters. The van der Waals surface area contributed by atoms with Crippen LogP contribution in [0.15, 0.2) is 12.1 Å². The van der Waals surface area contributed by atoms with Crippen LogP contribution in [0.5, 0.6) is 0 Å². The fourth-order valence-electron chi connectivity index (χ4n) is 3.33. The van der Waals surface area contributed by atoms with E-state index in [1.807, 2.05) is 26.0 Å². The summed E-state index contributed by atoms with van der Waals surface area (Å²) in [7, 11) is 2.10. The number of hydrogen-bond donors (Lipinski definition) is 1. The number of thiophene rings is 2. The Hall–Kier alpha value is -1.74. The number of carbonyl (C=O) groups is 2. The van der Waals surface area contributed by atoms with Crippen molar-refractivity contribution >= 4 is 34.6 Å². The molecule has 4 heterocycles. The highest BCUT2D eigenvalue weighted by Crippen LogP contribution is 2.28. The maximum Gasteiger partial charge on any atom is 0.348 e. The van der Waals surface area contributed by atoms with E-state index in [1.54, 1.807) is 22.7 Å². The third kappa shape index (κ3) is 5.66. The number of hydrogen-bond acceptors (Lipinski definition) is 8. The zero-order chi connectivity index (χ0) is 20.8. The molecular weight excluding hydrogens is 408 g/mol. The fraction of sp³-hybridized carbons (Fsp3) is 0.524. The lowest BCUT2D eigenvalue weighted by Gasteiger charge is -2.21. The Morgan fingerprint density at radius 3 is 2.17 bits per heavy atom. The molecule has 0 saturated heterocycles. The largest absolute Gasteiger partial charge is 0.462 e. The van der Waals surface area contributed by atoms with E-state index in [0.717, 1.165) is 48.8 Å². The van der Waals surface area contributed by atoms with Crippen molar-refractivity contribution in [2.75, 3.05) is 33.4 Å². The van der Waals surface area contributed by atoms with Crippen LogP contribution in [0, 0.1) is 0 Å². The van der Waals surface area contributed by atoms with Crippen LogP contribution in [0.3, 0.4) is 0 Å². The number of fused-ring (bicyclic) bond motifs is 2. The number of rotatable bonds is 4. The molecule has 0 unspecified atom stereocenters. The first kappa shape index (κ1) is 22.0. The molecule has 0 radical (unpaired) electrons. The molecule has 0 aliphatic carbocycles. The highest BCUT2D eigenvalue weighted by Gasteiger charge is 2.20. The van der Waals surface area contributed by atoms with Gasteiger partial charge in [0.25, 0.3) is 0 Å². The van der Waals surface area contributed by atoms with Crippen LogP contribution < -0.4 is 5.32 Å². The second-order valence-corrected chi connectivity index (χ2v) is 9.25. The predicted molar refractivity (Wildman–Crippen MR) is 116 cm³/mol. The monoisotopic (exact) mass is 436 g/mol. The van der Waals surface area contributed by atoms with Gasteiger partial charge in [-0.05, 0) is 57.0 Å². The second-order valence-electron chi connectivity index (χ2n) is 6.97. The minimum atomic E-state index is -0.188. The van der Waals surface area contributed by atoms with Crippen molar-refractivity contribution in [3.63, 3.8) is 0 Å². The molecule has 29 heavy (non-hydrogen) atoms. The molecule has 158 valence electrons. The number of likely N-dealkylation sites (N-methyl/N-ethyl adjacent to an activating group) is 1. The maximum atomic E-state index is 11.5. The minimum Gasteiger partial charge on any atom is -0.462 e. The Balaban J connectivity index is 0.000000166. The Morgan fingerprint density at radius 1 is 1.00 bits per heavy atom. The normalized spacial score (nSPS) is 15.6. The van der Waals surface area contributed by atoms with Gasteiger partial charge in [-0.3, -0.25) is 0 Å². The van der Waals surface area contributed by atoms with E-state index in [2.05, 4.69) is 17.3 Å². The van der Waals surface area contributed by atoms with Gasteiger partial charge in [0, 0.05) is 35.9 Å². The van der Waals surface area contributed by atoms with Gasteiger partial charge in [-0.2, -0.15) is 0 Å². The van der Waals surface area contributed by atoms with Gasteiger partial charge in [0.2, 0.25) is 0 Å². The number of nitrogens with one attached hydrogen (secondary N) is 1. The van der Waals surface area contributed by atoms with Crippen LogP contribution in [0.1, 0.15) is 54.1 Å². The minimum absolute atomic E-state index is 0.181. The zero-order valence-electron chi connectivity index (χ0n) is 17.2. The molecule has 1 N–H and O–H groups in total. The van der Waals surface area contributed by atoms with Crippen LogP contribution in [0.2, 0.25) is 0 Å². The summed E-state index contributed by atoms with van der Waals surface area (Å²) in [6.07, 6.45) is 2.08. The molecule has 8 heteroatoms. The summed E-state index contributed by atoms with van der Waals surface area (Å²) in [5.41, 5.74) is 2.54. The van der Waals surface area contributed by atoms with E-state index in [4.69, 9.17) is 9.47 Å². The van der Waals surface area contributed by atoms with Crippen LogP contribution in [-0.4, -0.2) is 50.2 Å². The highest BCUT2D eigenvalue weighted by molar-refractivity contribution is 7.14. The molecule has 2 aliphatic heterocycles. The lowest BCUT2D eigenvalue weighted by molar-refractivity contribution is 0.0522. The van der Waals surface area contributed by atoms with Crippen molar-refractivity contribution in [2.24, 2.45) is 0 Å². The van der Waals surface area contributed by atoms with Gasteiger partial charge in [-0.15, -0.1) is 22.7 Å². The molecule has 0 spiro atoms. The van der Waals surface area contributed by atoms with Gasteiger partial charge in [0.15, 0.2) is 0 Å². The van der Waals surface area contributed by atoms with Crippen molar-refractivity contribution < 1.29 is 19.1 Å². The first-order valence-electron chi connectivity index (χ1n) is 9.98. The molecule has 0 fully saturated rings. The van der Waals surface area contributed by atoms with E-state index < -0.39 is 0 Å². The van der Waals surface area contributed by atoms with E-state index in [9.17, 15) is 9.59 Å². The molecule has 2 aromatic heterocycles. The molecule has 6 nitrogen and oxygen atoms in total. The van der Waals surface area contributed by atoms with Gasteiger partial charge in [-0.25, -0.2) is 9.59 Å². The van der Waals surface area contributed by atoms with Crippen molar-refractivity contribution in [1.29, 1.82) is 0 Å². The van der Waals surface area contributed by atoms with E-state index in [-0.39, 0.29) is 11.9 Å². The van der Waals surface area contributed by atoms with Crippen LogP contribution in [0.25, 0.3) is 0 Å². The van der Waals surface area contributed by atoms with Crippen LogP contribution in [-0.2, 0) is 35.4 Å². The third-order valence-corrected chi connectivity index (χ3v) is 7.19. The van der Waals surface area contributed by atoms with Gasteiger partial charge in [0.1, 0.15) is 9.75 Å². The number of esters is 2. The summed E-state index contributed by atoms with van der Waals surface area (Å²) in [6.45, 7) is 8.47. The smallest absolute Gasteiger partial charge is 0.348 e. The molecule has 0 saturated carbocycles. The first-order chi connectivity index (χ1) is 14.0. The number of carbonyl (C=O) groups excluding carboxylic acids is 2. The number of nitrogens with zero attached hydrogens (tertiary/aromatic N) is 1. The quantitative estimate of drug-likeness (QED) is 0.740. The third-order valence-electron chi connectivity index (χ3n) is 4.75. The average molecular weight is 437 g/mol. The van der Waals surface area contributed by atoms with Crippen molar-refractivity contribution in [2.45, 2.75) is 39.8 Å². The van der Waals surface area contributed by atoms with Crippen molar-refractivity contribution in [3.05, 3.63) is 42.8 Å². The summed E-state index contributed by atoms with van der Waals surface area (Å²) in [5, 5.41) is 3.28. The summed E-state index contributed by atoms with van der Waals surface area (Å²) < 4.78 is 9.95. The van der Waals surface area contributed by atoms with Crippen molar-refractivity contribution in [1.82, 2.24) is 10.2 Å². The Morgan fingerprint density at radius 2 is 1.59 bits per heavy atom. The molecular formula is C21H28N2O4S2. The Bertz CT molecular complexity index is 835. The molecule has 0 amide bonds. The Kier molecular flexibility index (Phi) is 7.83. The van der Waals surface area contributed by atoms with Crippen LogP contribution >= 0.6 is 22.7 Å². The van der Waals surface area contributed by atoms with Crippen molar-refractivity contribution in [3.8, 4) is 0 Å². The summed E-state index contributed by atoms with van der Waals surface area (Å²) in [6, 6.07) is 3.93. The first-order valence-corrected chi connectivity index (χ1v) is 11.6. The SMILES string of the molecule is CCOC(=O)c1cc2c(s1)CCN(C)C2.CCOC(=O)c1cc2c(s1)CCNC2. The lowest BCUT2D eigenvalue weighted by Crippen LogP contribution is -2.25. The van der Waals surface area contributed by atoms with Gasteiger partial charge >= 0.3 is 11.9 Å². The fourth-order valence-corrected chi connectivity index (χ4v) is 5.46. The summed E-state index contributed by atoms with van der Waals surface area (Å²) in [5.74, 6) is -0.369. The molecule has 0 bridgehead atoms. The standard InChI is InChI=1S/C11H15NO2S.C10H13NO2S/c1-3-14-11(13)10-6-8-7-12(2)5-4-9(8)15-10;1-2-13-10(12)9-5-7-6-11-4-3-8(7)14-9/h6H,3-5,7H2,1-2H3;5,11H,2-4,6H2,1H3. The van der Waals surface area contributed by atoms with Gasteiger partial charge in [0.05, 0.1) is 13.2 Å². The average Bonchev–Trinajstić information content (AvgIpc) is 3.32. The highest BCUT2D eigenvalue weighted by atomic mass is 32.1. The topological polar surface area (TPSA) is 67.9 Å². The maximum absolute atomic E-state index is 11.5. The predicted octanol–water partition coefficient (Wildman–Crippen LogP) is 3.48. The summed E-state index contributed by atoms with van der Waals surface area (Å²) in [4.78, 5) is 29.4. The lowest BCUT2D eigenvalue weighted by atomic mass is 10.1. The van der Waals surface area contributed by atoms with E-state index in [0.29, 0.717) is 13.2 Å². The molecule has 0 aromatic carbocycles. The molecule has 2 aliphatic rings. The van der Waals surface area contributed by atoms with E-state index >= 15 is 0 Å².